The van der Waals surface area contributed by atoms with Crippen LogP contribution in [-0.4, -0.2) is 22.2 Å². The number of hydrogen-bond acceptors (Lipinski definition) is 3. The molecule has 0 aliphatic rings. The van der Waals surface area contributed by atoms with Crippen molar-refractivity contribution in [1.29, 1.82) is 0 Å². The van der Waals surface area contributed by atoms with Crippen molar-refractivity contribution >= 4 is 34.9 Å². The summed E-state index contributed by atoms with van der Waals surface area (Å²) >= 11 is 0. The summed E-state index contributed by atoms with van der Waals surface area (Å²) in [6.45, 7) is 7.22. The number of amides is 1. The fraction of sp³-hybridized carbons (Fsp3) is 0.500. The van der Waals surface area contributed by atoms with E-state index >= 15 is 0 Å². The molecule has 3 N–H and O–H groups in total. The molecule has 1 amide bonds. The van der Waals surface area contributed by atoms with Gasteiger partial charge in [0, 0.05) is 24.2 Å². The highest BCUT2D eigenvalue weighted by Crippen LogP contribution is 2.28. The van der Waals surface area contributed by atoms with E-state index in [0.717, 1.165) is 36.0 Å². The molecule has 0 fully saturated rings. The van der Waals surface area contributed by atoms with Gasteiger partial charge in [0.1, 0.15) is 0 Å². The molecule has 5 nitrogen and oxygen atoms in total. The maximum Gasteiger partial charge on any atom is 0.231 e. The standard InChI is InChI=1S/C16H24N4O.ClH/c1-4-16(5-2,11-17)15(21)19-13-8-7-12-10-18-20(6-3)14(12)9-13;/h7-10H,4-6,11,17H2,1-3H3,(H,19,21);1H. The van der Waals surface area contributed by atoms with Crippen LogP contribution in [0.1, 0.15) is 33.6 Å². The summed E-state index contributed by atoms with van der Waals surface area (Å²) in [5, 5.41) is 8.40. The Morgan fingerprint density at radius 1 is 1.32 bits per heavy atom. The molecule has 6 heteroatoms. The molecule has 0 saturated carbocycles. The third kappa shape index (κ3) is 3.25. The van der Waals surface area contributed by atoms with Gasteiger partial charge in [-0.1, -0.05) is 13.8 Å². The first-order chi connectivity index (χ1) is 10.1. The summed E-state index contributed by atoms with van der Waals surface area (Å²) in [5.41, 5.74) is 7.17. The van der Waals surface area contributed by atoms with Crippen LogP contribution in [0.15, 0.2) is 24.4 Å². The zero-order valence-corrected chi connectivity index (χ0v) is 14.2. The lowest BCUT2D eigenvalue weighted by molar-refractivity contribution is -0.125. The number of anilines is 1. The topological polar surface area (TPSA) is 72.9 Å². The van der Waals surface area contributed by atoms with Crippen LogP contribution in [0, 0.1) is 5.41 Å². The molecule has 1 aromatic carbocycles. The van der Waals surface area contributed by atoms with Crippen molar-refractivity contribution in [2.24, 2.45) is 11.1 Å². The quantitative estimate of drug-likeness (QED) is 0.857. The number of rotatable bonds is 6. The molecule has 22 heavy (non-hydrogen) atoms. The second kappa shape index (κ2) is 7.61. The summed E-state index contributed by atoms with van der Waals surface area (Å²) in [6, 6.07) is 5.86. The summed E-state index contributed by atoms with van der Waals surface area (Å²) in [4.78, 5) is 12.5. The van der Waals surface area contributed by atoms with Gasteiger partial charge in [0.05, 0.1) is 17.1 Å². The predicted octanol–water partition coefficient (Wildman–Crippen LogP) is 3.18. The normalized spacial score (nSPS) is 11.3. The number of aryl methyl sites for hydroxylation is 1. The Morgan fingerprint density at radius 2 is 2.00 bits per heavy atom. The minimum absolute atomic E-state index is 0. The van der Waals surface area contributed by atoms with Crippen LogP contribution >= 0.6 is 12.4 Å². The molecule has 1 heterocycles. The van der Waals surface area contributed by atoms with Crippen molar-refractivity contribution in [1.82, 2.24) is 9.78 Å². The van der Waals surface area contributed by atoms with E-state index in [1.807, 2.05) is 49.8 Å². The van der Waals surface area contributed by atoms with E-state index in [1.54, 1.807) is 0 Å². The number of aromatic nitrogens is 2. The average Bonchev–Trinajstić information content (AvgIpc) is 2.92. The van der Waals surface area contributed by atoms with Gasteiger partial charge in [-0.15, -0.1) is 12.4 Å². The maximum atomic E-state index is 12.5. The number of benzene rings is 1. The number of nitrogens with zero attached hydrogens (tertiary/aromatic N) is 2. The second-order valence-corrected chi connectivity index (χ2v) is 5.38. The lowest BCUT2D eigenvalue weighted by atomic mass is 9.81. The van der Waals surface area contributed by atoms with Crippen LogP contribution in [-0.2, 0) is 11.3 Å². The molecule has 0 radical (unpaired) electrons. The SMILES string of the molecule is CCn1ncc2ccc(NC(=O)C(CC)(CC)CN)cc21.Cl. The number of carbonyl (C=O) groups is 1. The van der Waals surface area contributed by atoms with Crippen LogP contribution in [0.5, 0.6) is 0 Å². The van der Waals surface area contributed by atoms with Gasteiger partial charge in [-0.3, -0.25) is 9.48 Å². The van der Waals surface area contributed by atoms with Gasteiger partial charge in [-0.25, -0.2) is 0 Å². The third-order valence-corrected chi connectivity index (χ3v) is 4.43. The molecule has 0 bridgehead atoms. The fourth-order valence-electron chi connectivity index (χ4n) is 2.62. The predicted molar refractivity (Wildman–Crippen MR) is 93.4 cm³/mol. The van der Waals surface area contributed by atoms with E-state index in [2.05, 4.69) is 10.4 Å². The first-order valence-electron chi connectivity index (χ1n) is 7.57. The van der Waals surface area contributed by atoms with Crippen molar-refractivity contribution in [3.63, 3.8) is 0 Å². The van der Waals surface area contributed by atoms with Crippen LogP contribution in [0.4, 0.5) is 5.69 Å². The number of nitrogens with two attached hydrogens (primary N) is 1. The van der Waals surface area contributed by atoms with Crippen molar-refractivity contribution in [2.45, 2.75) is 40.2 Å². The second-order valence-electron chi connectivity index (χ2n) is 5.38. The van der Waals surface area contributed by atoms with E-state index in [9.17, 15) is 4.79 Å². The lowest BCUT2D eigenvalue weighted by Crippen LogP contribution is -2.41. The van der Waals surface area contributed by atoms with E-state index in [1.165, 1.54) is 0 Å². The van der Waals surface area contributed by atoms with Crippen molar-refractivity contribution in [3.05, 3.63) is 24.4 Å². The molecular formula is C16H25ClN4O. The zero-order chi connectivity index (χ0) is 15.5. The molecule has 0 unspecified atom stereocenters. The van der Waals surface area contributed by atoms with Crippen LogP contribution in [0.2, 0.25) is 0 Å². The highest BCUT2D eigenvalue weighted by atomic mass is 35.5. The van der Waals surface area contributed by atoms with Crippen molar-refractivity contribution in [3.8, 4) is 0 Å². The molecule has 0 aliphatic heterocycles. The first kappa shape index (κ1) is 18.5. The molecule has 0 aliphatic carbocycles. The number of fused-ring (bicyclic) bond motifs is 1. The molecule has 2 aromatic rings. The van der Waals surface area contributed by atoms with Gasteiger partial charge in [0.25, 0.3) is 0 Å². The van der Waals surface area contributed by atoms with Crippen LogP contribution in [0.3, 0.4) is 0 Å². The molecule has 0 spiro atoms. The Balaban J connectivity index is 0.00000242. The van der Waals surface area contributed by atoms with Crippen LogP contribution in [0.25, 0.3) is 10.9 Å². The van der Waals surface area contributed by atoms with E-state index in [0.29, 0.717) is 6.54 Å². The van der Waals surface area contributed by atoms with E-state index in [-0.39, 0.29) is 18.3 Å². The number of carbonyl (C=O) groups excluding carboxylic acids is 1. The molecule has 0 saturated heterocycles. The first-order valence-corrected chi connectivity index (χ1v) is 7.57. The summed E-state index contributed by atoms with van der Waals surface area (Å²) in [6.07, 6.45) is 3.31. The van der Waals surface area contributed by atoms with Gasteiger partial charge in [-0.05, 0) is 38.0 Å². The van der Waals surface area contributed by atoms with Gasteiger partial charge in [0.15, 0.2) is 0 Å². The number of hydrogen-bond donors (Lipinski definition) is 2. The van der Waals surface area contributed by atoms with E-state index in [4.69, 9.17) is 5.73 Å². The van der Waals surface area contributed by atoms with Gasteiger partial charge < -0.3 is 11.1 Å². The lowest BCUT2D eigenvalue weighted by Gasteiger charge is -2.28. The third-order valence-electron chi connectivity index (χ3n) is 4.43. The smallest absolute Gasteiger partial charge is 0.231 e. The minimum Gasteiger partial charge on any atom is -0.329 e. The molecular weight excluding hydrogens is 300 g/mol. The van der Waals surface area contributed by atoms with Gasteiger partial charge in [0.2, 0.25) is 5.91 Å². The van der Waals surface area contributed by atoms with Crippen molar-refractivity contribution in [2.75, 3.05) is 11.9 Å². The Bertz CT molecular complexity index is 626. The Labute approximate surface area is 137 Å². The average molecular weight is 325 g/mol. The Morgan fingerprint density at radius 3 is 2.55 bits per heavy atom. The largest absolute Gasteiger partial charge is 0.329 e. The molecule has 1 aromatic heterocycles. The summed E-state index contributed by atoms with van der Waals surface area (Å²) < 4.78 is 1.92. The number of nitrogens with one attached hydrogen (secondary N) is 1. The summed E-state index contributed by atoms with van der Waals surface area (Å²) in [5.74, 6) is -0.00286. The maximum absolute atomic E-state index is 12.5. The summed E-state index contributed by atoms with van der Waals surface area (Å²) in [7, 11) is 0. The molecule has 122 valence electrons. The fourth-order valence-corrected chi connectivity index (χ4v) is 2.62. The number of halogens is 1. The van der Waals surface area contributed by atoms with Gasteiger partial charge >= 0.3 is 0 Å². The Kier molecular flexibility index (Phi) is 6.38. The zero-order valence-electron chi connectivity index (χ0n) is 13.4. The van der Waals surface area contributed by atoms with E-state index < -0.39 is 5.41 Å². The molecule has 2 rings (SSSR count). The van der Waals surface area contributed by atoms with Gasteiger partial charge in [-0.2, -0.15) is 5.10 Å². The monoisotopic (exact) mass is 324 g/mol. The highest BCUT2D eigenvalue weighted by Gasteiger charge is 2.33. The highest BCUT2D eigenvalue weighted by molar-refractivity contribution is 5.97. The minimum atomic E-state index is -0.486. The van der Waals surface area contributed by atoms with Crippen LogP contribution < -0.4 is 11.1 Å². The Hall–Kier alpha value is -1.59. The molecule has 0 atom stereocenters. The van der Waals surface area contributed by atoms with Crippen molar-refractivity contribution < 1.29 is 4.79 Å².